The Bertz CT molecular complexity index is 1370. The summed E-state index contributed by atoms with van der Waals surface area (Å²) in [6.45, 7) is 0.351. The molecule has 0 radical (unpaired) electrons. The Kier molecular flexibility index (Phi) is 5.53. The predicted octanol–water partition coefficient (Wildman–Crippen LogP) is 4.71. The van der Waals surface area contributed by atoms with Crippen LogP contribution in [-0.2, 0) is 24.4 Å². The molecule has 0 bridgehead atoms. The third-order valence-corrected chi connectivity index (χ3v) is 5.82. The Hall–Kier alpha value is -4.14. The second kappa shape index (κ2) is 8.66. The number of rotatable bonds is 6. The van der Waals surface area contributed by atoms with Crippen molar-refractivity contribution in [3.05, 3.63) is 82.9 Å². The minimum atomic E-state index is -1.06. The lowest BCUT2D eigenvalue weighted by Gasteiger charge is -2.34. The van der Waals surface area contributed by atoms with Gasteiger partial charge in [-0.1, -0.05) is 18.2 Å². The molecule has 0 aliphatic carbocycles. The monoisotopic (exact) mass is 466 g/mol. The van der Waals surface area contributed by atoms with E-state index in [1.807, 2.05) is 6.07 Å². The number of carbonyl (C=O) groups is 1. The second-order valence-corrected chi connectivity index (χ2v) is 7.94. The maximum absolute atomic E-state index is 13.6. The molecule has 7 nitrogen and oxygen atoms in total. The smallest absolute Gasteiger partial charge is 0.326 e. The van der Waals surface area contributed by atoms with Gasteiger partial charge in [0.1, 0.15) is 29.8 Å². The highest BCUT2D eigenvalue weighted by Crippen LogP contribution is 2.40. The number of hydrogen-bond donors (Lipinski definition) is 1. The fourth-order valence-corrected chi connectivity index (χ4v) is 4.10. The fraction of sp³-hybridized carbons (Fsp3) is 0.200. The van der Waals surface area contributed by atoms with Crippen LogP contribution in [0.1, 0.15) is 16.7 Å². The van der Waals surface area contributed by atoms with E-state index >= 15 is 0 Å². The molecule has 2 heterocycles. The van der Waals surface area contributed by atoms with E-state index in [1.54, 1.807) is 23.1 Å². The molecule has 0 fully saturated rings. The molecule has 9 heteroatoms. The van der Waals surface area contributed by atoms with E-state index in [0.29, 0.717) is 22.6 Å². The van der Waals surface area contributed by atoms with Gasteiger partial charge >= 0.3 is 5.97 Å². The van der Waals surface area contributed by atoms with Gasteiger partial charge in [0.2, 0.25) is 0 Å². The molecule has 1 aliphatic rings. The molecule has 0 saturated carbocycles. The van der Waals surface area contributed by atoms with Crippen LogP contribution in [0.3, 0.4) is 0 Å². The van der Waals surface area contributed by atoms with Gasteiger partial charge in [-0.3, -0.25) is 0 Å². The first-order valence-electron chi connectivity index (χ1n) is 10.5. The van der Waals surface area contributed by atoms with Gasteiger partial charge in [0.05, 0.1) is 7.11 Å². The van der Waals surface area contributed by atoms with Crippen molar-refractivity contribution < 1.29 is 32.6 Å². The van der Waals surface area contributed by atoms with E-state index < -0.39 is 17.8 Å². The summed E-state index contributed by atoms with van der Waals surface area (Å²) < 4.78 is 44.0. The Morgan fingerprint density at radius 2 is 1.91 bits per heavy atom. The topological polar surface area (TPSA) is 85.0 Å². The molecule has 5 rings (SSSR count). The van der Waals surface area contributed by atoms with Crippen molar-refractivity contribution in [3.63, 3.8) is 0 Å². The van der Waals surface area contributed by atoms with Crippen molar-refractivity contribution in [1.82, 2.24) is 4.98 Å². The van der Waals surface area contributed by atoms with Gasteiger partial charge in [-0.15, -0.1) is 0 Å². The summed E-state index contributed by atoms with van der Waals surface area (Å²) in [7, 11) is 1.51. The average molecular weight is 466 g/mol. The highest BCUT2D eigenvalue weighted by atomic mass is 19.1. The summed E-state index contributed by atoms with van der Waals surface area (Å²) in [6, 6.07) is 12.6. The molecule has 1 atom stereocenters. The van der Waals surface area contributed by atoms with E-state index in [9.17, 15) is 18.7 Å². The van der Waals surface area contributed by atoms with Crippen LogP contribution in [0.25, 0.3) is 11.1 Å². The van der Waals surface area contributed by atoms with Crippen molar-refractivity contribution in [2.75, 3.05) is 12.0 Å². The standard InChI is InChI=1S/C25H20F2N2O5/c1-32-21-9-4-15-12-29(25-28-19-8-7-17(27)10-22(19)34-25)20(24(30)31)11-18(15)23(21)33-13-14-2-5-16(26)6-3-14/h2-10,20H,11-13H2,1H3,(H,30,31). The van der Waals surface area contributed by atoms with E-state index in [2.05, 4.69) is 4.98 Å². The molecular formula is C25H20F2N2O5. The molecule has 0 spiro atoms. The van der Waals surface area contributed by atoms with Crippen molar-refractivity contribution in [2.24, 2.45) is 0 Å². The Balaban J connectivity index is 1.50. The van der Waals surface area contributed by atoms with E-state index in [-0.39, 0.29) is 37.0 Å². The van der Waals surface area contributed by atoms with Crippen LogP contribution in [0.2, 0.25) is 0 Å². The molecule has 1 unspecified atom stereocenters. The largest absolute Gasteiger partial charge is 0.493 e. The van der Waals surface area contributed by atoms with Crippen molar-refractivity contribution in [1.29, 1.82) is 0 Å². The van der Waals surface area contributed by atoms with Gasteiger partial charge in [0.15, 0.2) is 17.1 Å². The Morgan fingerprint density at radius 1 is 1.15 bits per heavy atom. The lowest BCUT2D eigenvalue weighted by Crippen LogP contribution is -2.46. The minimum Gasteiger partial charge on any atom is -0.493 e. The van der Waals surface area contributed by atoms with Crippen LogP contribution in [-0.4, -0.2) is 29.2 Å². The molecule has 174 valence electrons. The highest BCUT2D eigenvalue weighted by Gasteiger charge is 2.36. The maximum Gasteiger partial charge on any atom is 0.326 e. The zero-order chi connectivity index (χ0) is 23.8. The first-order valence-corrected chi connectivity index (χ1v) is 10.5. The molecule has 0 saturated heterocycles. The van der Waals surface area contributed by atoms with Crippen molar-refractivity contribution in [2.45, 2.75) is 25.6 Å². The summed E-state index contributed by atoms with van der Waals surface area (Å²) in [5, 5.41) is 9.99. The number of hydrogen-bond acceptors (Lipinski definition) is 6. The second-order valence-electron chi connectivity index (χ2n) is 7.94. The first kappa shape index (κ1) is 21.7. The molecule has 1 aromatic heterocycles. The van der Waals surface area contributed by atoms with Crippen LogP contribution < -0.4 is 14.4 Å². The molecule has 0 amide bonds. The molecule has 4 aromatic rings. The van der Waals surface area contributed by atoms with Crippen LogP contribution in [0.15, 0.2) is 59.0 Å². The number of carboxylic acids is 1. The van der Waals surface area contributed by atoms with Gasteiger partial charge in [0, 0.05) is 24.6 Å². The average Bonchev–Trinajstić information content (AvgIpc) is 3.25. The van der Waals surface area contributed by atoms with Crippen LogP contribution in [0.5, 0.6) is 11.5 Å². The predicted molar refractivity (Wildman–Crippen MR) is 119 cm³/mol. The van der Waals surface area contributed by atoms with Crippen LogP contribution in [0, 0.1) is 11.6 Å². The number of benzene rings is 3. The SMILES string of the molecule is COc1ccc2c(c1OCc1ccc(F)cc1)CC(C(=O)O)N(c1nc3ccc(F)cc3o1)C2. The zero-order valence-corrected chi connectivity index (χ0v) is 18.1. The summed E-state index contributed by atoms with van der Waals surface area (Å²) >= 11 is 0. The van der Waals surface area contributed by atoms with Gasteiger partial charge < -0.3 is 23.9 Å². The lowest BCUT2D eigenvalue weighted by molar-refractivity contribution is -0.138. The zero-order valence-electron chi connectivity index (χ0n) is 18.1. The number of methoxy groups -OCH3 is 1. The molecule has 1 N–H and O–H groups in total. The lowest BCUT2D eigenvalue weighted by atomic mass is 9.93. The van der Waals surface area contributed by atoms with Crippen molar-refractivity contribution in [3.8, 4) is 11.5 Å². The molecular weight excluding hydrogens is 446 g/mol. The minimum absolute atomic E-state index is 0.100. The number of nitrogens with zero attached hydrogens (tertiary/aromatic N) is 2. The third-order valence-electron chi connectivity index (χ3n) is 5.82. The van der Waals surface area contributed by atoms with Crippen molar-refractivity contribution >= 4 is 23.1 Å². The highest BCUT2D eigenvalue weighted by molar-refractivity contribution is 5.81. The number of anilines is 1. The van der Waals surface area contributed by atoms with Gasteiger partial charge in [-0.2, -0.15) is 4.98 Å². The summed E-state index contributed by atoms with van der Waals surface area (Å²) in [5.74, 6) is -0.967. The number of aromatic nitrogens is 1. The van der Waals surface area contributed by atoms with E-state index in [4.69, 9.17) is 13.9 Å². The number of halogens is 2. The molecule has 34 heavy (non-hydrogen) atoms. The normalized spacial score (nSPS) is 15.3. The number of fused-ring (bicyclic) bond motifs is 2. The summed E-state index contributed by atoms with van der Waals surface area (Å²) in [6.07, 6.45) is 0.105. The maximum atomic E-state index is 13.6. The summed E-state index contributed by atoms with van der Waals surface area (Å²) in [5.41, 5.74) is 2.95. The van der Waals surface area contributed by atoms with Gasteiger partial charge in [-0.25, -0.2) is 13.6 Å². The Labute approximate surface area is 193 Å². The quantitative estimate of drug-likeness (QED) is 0.441. The Morgan fingerprint density at radius 3 is 2.65 bits per heavy atom. The summed E-state index contributed by atoms with van der Waals surface area (Å²) in [4.78, 5) is 18.1. The van der Waals surface area contributed by atoms with E-state index in [1.165, 1.54) is 37.4 Å². The number of oxazole rings is 1. The third kappa shape index (κ3) is 4.00. The van der Waals surface area contributed by atoms with E-state index in [0.717, 1.165) is 11.1 Å². The van der Waals surface area contributed by atoms with Crippen LogP contribution in [0.4, 0.5) is 14.8 Å². The van der Waals surface area contributed by atoms with Gasteiger partial charge in [-0.05, 0) is 41.5 Å². The first-order chi connectivity index (χ1) is 16.4. The number of aliphatic carboxylic acids is 1. The molecule has 1 aliphatic heterocycles. The number of carboxylic acid groups (broad SMARTS) is 1. The molecule has 3 aromatic carbocycles. The number of ether oxygens (including phenoxy) is 2. The van der Waals surface area contributed by atoms with Gasteiger partial charge in [0.25, 0.3) is 6.01 Å². The van der Waals surface area contributed by atoms with Crippen LogP contribution >= 0.6 is 0 Å². The fourth-order valence-electron chi connectivity index (χ4n) is 4.10.